The maximum absolute atomic E-state index is 5.20. The van der Waals surface area contributed by atoms with Gasteiger partial charge in [-0.3, -0.25) is 9.67 Å². The van der Waals surface area contributed by atoms with Crippen LogP contribution < -0.4 is 10.1 Å². The Balaban J connectivity index is 1.49. The molecule has 4 aromatic rings. The summed E-state index contributed by atoms with van der Waals surface area (Å²) in [5.74, 6) is 2.35. The first kappa shape index (κ1) is 17.9. The SMILES string of the molecule is COc1ccc(CCCNc2nc(-c3ccncc3)nc3c2cnn3C)cc1. The summed E-state index contributed by atoms with van der Waals surface area (Å²) < 4.78 is 6.97. The summed E-state index contributed by atoms with van der Waals surface area (Å²) in [5.41, 5.74) is 3.02. The van der Waals surface area contributed by atoms with Crippen LogP contribution in [0.3, 0.4) is 0 Å². The Morgan fingerprint density at radius 3 is 2.57 bits per heavy atom. The number of rotatable bonds is 7. The van der Waals surface area contributed by atoms with Crippen LogP contribution in [0.4, 0.5) is 5.82 Å². The number of anilines is 1. The quantitative estimate of drug-likeness (QED) is 0.499. The van der Waals surface area contributed by atoms with E-state index in [0.717, 1.165) is 47.6 Å². The average molecular weight is 374 g/mol. The Morgan fingerprint density at radius 1 is 1.04 bits per heavy atom. The van der Waals surface area contributed by atoms with Crippen LogP contribution in [-0.2, 0) is 13.5 Å². The minimum Gasteiger partial charge on any atom is -0.497 e. The van der Waals surface area contributed by atoms with Crippen molar-refractivity contribution in [1.29, 1.82) is 0 Å². The number of aromatic nitrogens is 5. The summed E-state index contributed by atoms with van der Waals surface area (Å²) in [6.07, 6.45) is 7.26. The zero-order valence-corrected chi connectivity index (χ0v) is 16.0. The molecule has 7 heteroatoms. The first-order valence-electron chi connectivity index (χ1n) is 9.21. The molecule has 0 radical (unpaired) electrons. The van der Waals surface area contributed by atoms with Gasteiger partial charge in [-0.1, -0.05) is 12.1 Å². The third-order valence-corrected chi connectivity index (χ3v) is 4.62. The van der Waals surface area contributed by atoms with Gasteiger partial charge in [-0.05, 0) is 42.7 Å². The zero-order chi connectivity index (χ0) is 19.3. The van der Waals surface area contributed by atoms with E-state index in [4.69, 9.17) is 9.72 Å². The molecule has 142 valence electrons. The van der Waals surface area contributed by atoms with E-state index in [1.165, 1.54) is 5.56 Å². The Hall–Kier alpha value is -3.48. The van der Waals surface area contributed by atoms with Gasteiger partial charge in [0.05, 0.1) is 18.7 Å². The molecule has 0 fully saturated rings. The van der Waals surface area contributed by atoms with E-state index in [1.54, 1.807) is 30.4 Å². The maximum atomic E-state index is 5.20. The molecule has 0 aliphatic heterocycles. The van der Waals surface area contributed by atoms with E-state index in [9.17, 15) is 0 Å². The molecule has 3 heterocycles. The fourth-order valence-electron chi connectivity index (χ4n) is 3.08. The van der Waals surface area contributed by atoms with Gasteiger partial charge in [0.25, 0.3) is 0 Å². The lowest BCUT2D eigenvalue weighted by Crippen LogP contribution is -2.07. The summed E-state index contributed by atoms with van der Waals surface area (Å²) in [6.45, 7) is 0.808. The number of nitrogens with one attached hydrogen (secondary N) is 1. The minimum atomic E-state index is 0.663. The van der Waals surface area contributed by atoms with Gasteiger partial charge in [0, 0.05) is 31.5 Å². The fourth-order valence-corrected chi connectivity index (χ4v) is 3.08. The van der Waals surface area contributed by atoms with Gasteiger partial charge >= 0.3 is 0 Å². The Kier molecular flexibility index (Phi) is 5.14. The lowest BCUT2D eigenvalue weighted by atomic mass is 10.1. The van der Waals surface area contributed by atoms with Crippen molar-refractivity contribution in [1.82, 2.24) is 24.7 Å². The van der Waals surface area contributed by atoms with Crippen molar-refractivity contribution in [3.8, 4) is 17.1 Å². The predicted octanol–water partition coefficient (Wildman–Crippen LogP) is 3.48. The molecule has 0 saturated carbocycles. The van der Waals surface area contributed by atoms with Crippen LogP contribution in [0.15, 0.2) is 55.0 Å². The number of hydrogen-bond acceptors (Lipinski definition) is 6. The number of fused-ring (bicyclic) bond motifs is 1. The van der Waals surface area contributed by atoms with Crippen LogP contribution in [0.5, 0.6) is 5.75 Å². The van der Waals surface area contributed by atoms with Crippen molar-refractivity contribution in [2.75, 3.05) is 19.0 Å². The molecule has 4 rings (SSSR count). The molecule has 7 nitrogen and oxygen atoms in total. The van der Waals surface area contributed by atoms with Gasteiger partial charge in [-0.15, -0.1) is 0 Å². The largest absolute Gasteiger partial charge is 0.497 e. The zero-order valence-electron chi connectivity index (χ0n) is 16.0. The molecule has 0 aliphatic rings. The van der Waals surface area contributed by atoms with E-state index in [2.05, 4.69) is 32.5 Å². The second-order valence-corrected chi connectivity index (χ2v) is 6.52. The highest BCUT2D eigenvalue weighted by molar-refractivity contribution is 5.88. The van der Waals surface area contributed by atoms with Crippen LogP contribution in [0.1, 0.15) is 12.0 Å². The normalized spacial score (nSPS) is 10.9. The van der Waals surface area contributed by atoms with Crippen LogP contribution in [0.2, 0.25) is 0 Å². The second-order valence-electron chi connectivity index (χ2n) is 6.52. The van der Waals surface area contributed by atoms with Gasteiger partial charge in [0.2, 0.25) is 0 Å². The smallest absolute Gasteiger partial charge is 0.164 e. The highest BCUT2D eigenvalue weighted by atomic mass is 16.5. The summed E-state index contributed by atoms with van der Waals surface area (Å²) in [5, 5.41) is 8.71. The predicted molar refractivity (Wildman–Crippen MR) is 109 cm³/mol. The van der Waals surface area contributed by atoms with Crippen LogP contribution >= 0.6 is 0 Å². The minimum absolute atomic E-state index is 0.663. The molecular weight excluding hydrogens is 352 g/mol. The lowest BCUT2D eigenvalue weighted by molar-refractivity contribution is 0.414. The summed E-state index contributed by atoms with van der Waals surface area (Å²) in [7, 11) is 3.57. The number of aryl methyl sites for hydroxylation is 2. The summed E-state index contributed by atoms with van der Waals surface area (Å²) in [6, 6.07) is 12.0. The van der Waals surface area contributed by atoms with E-state index >= 15 is 0 Å². The monoisotopic (exact) mass is 374 g/mol. The molecule has 3 aromatic heterocycles. The summed E-state index contributed by atoms with van der Waals surface area (Å²) in [4.78, 5) is 13.5. The highest BCUT2D eigenvalue weighted by Gasteiger charge is 2.12. The molecule has 1 aromatic carbocycles. The topological polar surface area (TPSA) is 77.8 Å². The third-order valence-electron chi connectivity index (χ3n) is 4.62. The Morgan fingerprint density at radius 2 is 1.82 bits per heavy atom. The molecule has 0 amide bonds. The highest BCUT2D eigenvalue weighted by Crippen LogP contribution is 2.24. The standard InChI is InChI=1S/C21H22N6O/c1-27-21-18(14-24-27)20(25-19(26-21)16-9-12-22-13-10-16)23-11-3-4-15-5-7-17(28-2)8-6-15/h5-10,12-14H,3-4,11H2,1-2H3,(H,23,25,26). The maximum Gasteiger partial charge on any atom is 0.164 e. The number of methoxy groups -OCH3 is 1. The number of benzene rings is 1. The molecular formula is C21H22N6O. The van der Waals surface area contributed by atoms with Crippen molar-refractivity contribution in [2.24, 2.45) is 7.05 Å². The molecule has 1 N–H and O–H groups in total. The summed E-state index contributed by atoms with van der Waals surface area (Å²) >= 11 is 0. The lowest BCUT2D eigenvalue weighted by Gasteiger charge is -2.09. The molecule has 0 unspecified atom stereocenters. The Bertz CT molecular complexity index is 1060. The molecule has 0 bridgehead atoms. The van der Waals surface area contributed by atoms with Gasteiger partial charge in [0.15, 0.2) is 11.5 Å². The third kappa shape index (κ3) is 3.78. The van der Waals surface area contributed by atoms with E-state index in [1.807, 2.05) is 31.3 Å². The van der Waals surface area contributed by atoms with Crippen molar-refractivity contribution < 1.29 is 4.74 Å². The van der Waals surface area contributed by atoms with E-state index < -0.39 is 0 Å². The van der Waals surface area contributed by atoms with Crippen molar-refractivity contribution >= 4 is 16.9 Å². The van der Waals surface area contributed by atoms with E-state index in [-0.39, 0.29) is 0 Å². The fraction of sp³-hybridized carbons (Fsp3) is 0.238. The van der Waals surface area contributed by atoms with Crippen molar-refractivity contribution in [3.63, 3.8) is 0 Å². The van der Waals surface area contributed by atoms with Gasteiger partial charge in [0.1, 0.15) is 11.6 Å². The van der Waals surface area contributed by atoms with Gasteiger partial charge < -0.3 is 10.1 Å². The molecule has 0 saturated heterocycles. The molecule has 0 spiro atoms. The van der Waals surface area contributed by atoms with Gasteiger partial charge in [-0.2, -0.15) is 5.10 Å². The molecule has 28 heavy (non-hydrogen) atoms. The number of ether oxygens (including phenoxy) is 1. The number of nitrogens with zero attached hydrogens (tertiary/aromatic N) is 5. The number of hydrogen-bond donors (Lipinski definition) is 1. The number of pyridine rings is 1. The second kappa shape index (κ2) is 8.04. The van der Waals surface area contributed by atoms with Crippen LogP contribution in [0, 0.1) is 0 Å². The first-order valence-corrected chi connectivity index (χ1v) is 9.21. The molecule has 0 atom stereocenters. The average Bonchev–Trinajstić information content (AvgIpc) is 3.13. The van der Waals surface area contributed by atoms with Crippen LogP contribution in [-0.4, -0.2) is 38.4 Å². The first-order chi connectivity index (χ1) is 13.7. The van der Waals surface area contributed by atoms with Crippen molar-refractivity contribution in [2.45, 2.75) is 12.8 Å². The van der Waals surface area contributed by atoms with Crippen LogP contribution in [0.25, 0.3) is 22.4 Å². The van der Waals surface area contributed by atoms with E-state index in [0.29, 0.717) is 5.82 Å². The van der Waals surface area contributed by atoms with Gasteiger partial charge in [-0.25, -0.2) is 9.97 Å². The Labute approximate surface area is 163 Å². The molecule has 0 aliphatic carbocycles. The van der Waals surface area contributed by atoms with Crippen molar-refractivity contribution in [3.05, 3.63) is 60.6 Å².